The lowest BCUT2D eigenvalue weighted by Crippen LogP contribution is -2.38. The average Bonchev–Trinajstić information content (AvgIpc) is 2.38. The van der Waals surface area contributed by atoms with Crippen LogP contribution in [0.1, 0.15) is 31.6 Å². The summed E-state index contributed by atoms with van der Waals surface area (Å²) in [5, 5.41) is 10.9. The van der Waals surface area contributed by atoms with Gasteiger partial charge in [0.2, 0.25) is 0 Å². The highest BCUT2D eigenvalue weighted by atomic mass is 32.2. The fourth-order valence-electron chi connectivity index (χ4n) is 1.50. The molecule has 1 aromatic rings. The van der Waals surface area contributed by atoms with Gasteiger partial charge in [0.1, 0.15) is 6.29 Å². The average molecular weight is 282 g/mol. The summed E-state index contributed by atoms with van der Waals surface area (Å²) < 4.78 is 1.82. The van der Waals surface area contributed by atoms with E-state index in [0.29, 0.717) is 5.56 Å². The summed E-state index contributed by atoms with van der Waals surface area (Å²) in [4.78, 5) is 21.6. The molecule has 104 valence electrons. The highest BCUT2D eigenvalue weighted by Gasteiger charge is 2.27. The second kappa shape index (κ2) is 6.16. The highest BCUT2D eigenvalue weighted by Crippen LogP contribution is 2.37. The van der Waals surface area contributed by atoms with Crippen LogP contribution in [0, 0.1) is 10.1 Å². The zero-order chi connectivity index (χ0) is 14.6. The van der Waals surface area contributed by atoms with Crippen molar-refractivity contribution < 1.29 is 9.72 Å². The molecule has 19 heavy (non-hydrogen) atoms. The van der Waals surface area contributed by atoms with Crippen molar-refractivity contribution in [2.45, 2.75) is 31.6 Å². The van der Waals surface area contributed by atoms with Gasteiger partial charge in [-0.25, -0.2) is 4.31 Å². The van der Waals surface area contributed by atoms with Crippen molar-refractivity contribution in [3.8, 4) is 0 Å². The van der Waals surface area contributed by atoms with E-state index in [1.807, 2.05) is 18.3 Å². The number of nitro groups is 1. The molecule has 0 aromatic heterocycles. The second-order valence-electron chi connectivity index (χ2n) is 4.83. The molecular formula is C13H18N2O3S. The third-order valence-corrected chi connectivity index (χ3v) is 4.34. The van der Waals surface area contributed by atoms with Crippen LogP contribution in [0.3, 0.4) is 0 Å². The molecule has 1 aromatic carbocycles. The molecule has 1 rings (SSSR count). The molecule has 0 radical (unpaired) electrons. The second-order valence-corrected chi connectivity index (χ2v) is 6.30. The van der Waals surface area contributed by atoms with Crippen molar-refractivity contribution in [3.63, 3.8) is 0 Å². The van der Waals surface area contributed by atoms with Gasteiger partial charge in [-0.1, -0.05) is 30.1 Å². The number of benzene rings is 1. The number of carbonyl (C=O) groups excluding carboxylic acids is 1. The number of nitro benzene ring substituents is 1. The van der Waals surface area contributed by atoms with Gasteiger partial charge < -0.3 is 4.79 Å². The van der Waals surface area contributed by atoms with Crippen LogP contribution in [-0.2, 0) is 4.79 Å². The number of aldehydes is 1. The van der Waals surface area contributed by atoms with Gasteiger partial charge in [0, 0.05) is 16.9 Å². The monoisotopic (exact) mass is 282 g/mol. The van der Waals surface area contributed by atoms with E-state index < -0.39 is 5.54 Å². The summed E-state index contributed by atoms with van der Waals surface area (Å²) in [5.41, 5.74) is 0.161. The Morgan fingerprint density at radius 2 is 2.00 bits per heavy atom. The molecule has 1 atom stereocenters. The fraction of sp³-hybridized carbons (Fsp3) is 0.462. The number of nitrogens with zero attached hydrogens (tertiary/aromatic N) is 2. The Morgan fingerprint density at radius 1 is 1.42 bits per heavy atom. The summed E-state index contributed by atoms with van der Waals surface area (Å²) in [6.45, 7) is 5.50. The van der Waals surface area contributed by atoms with E-state index in [1.54, 1.807) is 32.0 Å². The Morgan fingerprint density at radius 3 is 2.53 bits per heavy atom. The van der Waals surface area contributed by atoms with Crippen LogP contribution in [0.2, 0.25) is 0 Å². The van der Waals surface area contributed by atoms with Gasteiger partial charge in [0.05, 0.1) is 10.5 Å². The van der Waals surface area contributed by atoms with Gasteiger partial charge in [-0.15, -0.1) is 0 Å². The quantitative estimate of drug-likeness (QED) is 0.347. The molecule has 0 aliphatic rings. The molecule has 0 saturated heterocycles. The Kier molecular flexibility index (Phi) is 5.08. The summed E-state index contributed by atoms with van der Waals surface area (Å²) in [5.74, 6) is 0. The maximum absolute atomic E-state index is 11.0. The third-order valence-electron chi connectivity index (χ3n) is 2.99. The van der Waals surface area contributed by atoms with Crippen LogP contribution in [-0.4, -0.2) is 28.1 Å². The molecule has 0 heterocycles. The van der Waals surface area contributed by atoms with Crippen molar-refractivity contribution in [2.24, 2.45) is 0 Å². The molecule has 0 saturated carbocycles. The van der Waals surface area contributed by atoms with Crippen LogP contribution >= 0.6 is 11.9 Å². The lowest BCUT2D eigenvalue weighted by atomic mass is 10.1. The van der Waals surface area contributed by atoms with Crippen molar-refractivity contribution >= 4 is 23.9 Å². The van der Waals surface area contributed by atoms with E-state index in [4.69, 9.17) is 0 Å². The Hall–Kier alpha value is -1.40. The number of hydrogen-bond donors (Lipinski definition) is 0. The SMILES string of the molecule is CC(SN(C)C(C)(C)C=O)c1ccccc1[N+](=O)[O-]. The van der Waals surface area contributed by atoms with Crippen molar-refractivity contribution in [2.75, 3.05) is 7.05 Å². The topological polar surface area (TPSA) is 63.5 Å². The summed E-state index contributed by atoms with van der Waals surface area (Å²) >= 11 is 1.41. The molecule has 0 bridgehead atoms. The molecule has 0 N–H and O–H groups in total. The Balaban J connectivity index is 2.93. The predicted molar refractivity (Wildman–Crippen MR) is 77.0 cm³/mol. The largest absolute Gasteiger partial charge is 0.301 e. The molecule has 0 aliphatic heterocycles. The van der Waals surface area contributed by atoms with E-state index in [-0.39, 0.29) is 15.9 Å². The number of hydrogen-bond acceptors (Lipinski definition) is 5. The van der Waals surface area contributed by atoms with Gasteiger partial charge >= 0.3 is 0 Å². The molecule has 0 amide bonds. The number of rotatable bonds is 6. The van der Waals surface area contributed by atoms with E-state index in [1.165, 1.54) is 18.0 Å². The zero-order valence-corrected chi connectivity index (χ0v) is 12.3. The fourth-order valence-corrected chi connectivity index (χ4v) is 2.60. The lowest BCUT2D eigenvalue weighted by Gasteiger charge is -2.31. The van der Waals surface area contributed by atoms with Crippen LogP contribution in [0.4, 0.5) is 5.69 Å². The number of likely N-dealkylation sites (N-methyl/N-ethyl adjacent to an activating group) is 1. The first-order chi connectivity index (χ1) is 8.79. The molecule has 0 spiro atoms. The van der Waals surface area contributed by atoms with Gasteiger partial charge in [0.25, 0.3) is 5.69 Å². The Bertz CT molecular complexity index is 477. The zero-order valence-electron chi connectivity index (χ0n) is 11.5. The van der Waals surface area contributed by atoms with Gasteiger partial charge in [0.15, 0.2) is 0 Å². The first-order valence-electron chi connectivity index (χ1n) is 5.90. The minimum absolute atomic E-state index is 0.106. The van der Waals surface area contributed by atoms with Gasteiger partial charge in [-0.05, 0) is 27.8 Å². The van der Waals surface area contributed by atoms with Crippen molar-refractivity contribution in [3.05, 3.63) is 39.9 Å². The van der Waals surface area contributed by atoms with Crippen LogP contribution < -0.4 is 0 Å². The minimum atomic E-state index is -0.609. The summed E-state index contributed by atoms with van der Waals surface area (Å²) in [7, 11) is 1.81. The van der Waals surface area contributed by atoms with Gasteiger partial charge in [-0.2, -0.15) is 0 Å². The van der Waals surface area contributed by atoms with Crippen LogP contribution in [0.25, 0.3) is 0 Å². The maximum atomic E-state index is 11.0. The molecule has 1 unspecified atom stereocenters. The van der Waals surface area contributed by atoms with Crippen molar-refractivity contribution in [1.29, 1.82) is 0 Å². The third kappa shape index (κ3) is 3.78. The molecule has 6 heteroatoms. The van der Waals surface area contributed by atoms with Crippen LogP contribution in [0.15, 0.2) is 24.3 Å². The molecule has 0 fully saturated rings. The normalized spacial score (nSPS) is 13.3. The Labute approximate surface area is 117 Å². The summed E-state index contributed by atoms with van der Waals surface area (Å²) in [6, 6.07) is 6.68. The standard InChI is InChI=1S/C13H18N2O3S/c1-10(19-14(4)13(2,3)9-16)11-7-5-6-8-12(11)15(17)18/h5-10H,1-4H3. The van der Waals surface area contributed by atoms with E-state index in [9.17, 15) is 14.9 Å². The minimum Gasteiger partial charge on any atom is -0.301 e. The first kappa shape index (κ1) is 15.7. The predicted octanol–water partition coefficient (Wildman–Crippen LogP) is 3.21. The molecule has 5 nitrogen and oxygen atoms in total. The summed E-state index contributed by atoms with van der Waals surface area (Å²) in [6.07, 6.45) is 0.867. The van der Waals surface area contributed by atoms with Crippen molar-refractivity contribution in [1.82, 2.24) is 4.31 Å². The maximum Gasteiger partial charge on any atom is 0.273 e. The number of para-hydroxylation sites is 1. The lowest BCUT2D eigenvalue weighted by molar-refractivity contribution is -0.385. The van der Waals surface area contributed by atoms with Gasteiger partial charge in [-0.3, -0.25) is 10.1 Å². The first-order valence-corrected chi connectivity index (χ1v) is 6.73. The molecule has 0 aliphatic carbocycles. The van der Waals surface area contributed by atoms with E-state index >= 15 is 0 Å². The van der Waals surface area contributed by atoms with E-state index in [2.05, 4.69) is 0 Å². The van der Waals surface area contributed by atoms with Crippen LogP contribution in [0.5, 0.6) is 0 Å². The highest BCUT2D eigenvalue weighted by molar-refractivity contribution is 7.97. The molecular weight excluding hydrogens is 264 g/mol. The number of carbonyl (C=O) groups is 1. The van der Waals surface area contributed by atoms with E-state index in [0.717, 1.165) is 6.29 Å². The smallest absolute Gasteiger partial charge is 0.273 e.